The summed E-state index contributed by atoms with van der Waals surface area (Å²) in [6.07, 6.45) is 1.46. The van der Waals surface area contributed by atoms with Gasteiger partial charge in [0.25, 0.3) is 17.7 Å². The molecule has 0 radical (unpaired) electrons. The number of rotatable bonds is 6. The van der Waals surface area contributed by atoms with Gasteiger partial charge in [-0.1, -0.05) is 6.07 Å². The highest BCUT2D eigenvalue weighted by atomic mass is 16.5. The van der Waals surface area contributed by atoms with E-state index in [2.05, 4.69) is 10.3 Å². The van der Waals surface area contributed by atoms with Crippen molar-refractivity contribution in [3.8, 4) is 11.5 Å². The predicted molar refractivity (Wildman–Crippen MR) is 91.5 cm³/mol. The van der Waals surface area contributed by atoms with Gasteiger partial charge < -0.3 is 14.8 Å². The average molecular weight is 355 g/mol. The summed E-state index contributed by atoms with van der Waals surface area (Å²) in [6.45, 7) is 0.128. The number of ether oxygens (including phenoxy) is 2. The Kier molecular flexibility index (Phi) is 4.83. The lowest BCUT2D eigenvalue weighted by atomic mass is 10.1. The number of benzene rings is 1. The zero-order valence-electron chi connectivity index (χ0n) is 14.3. The van der Waals surface area contributed by atoms with Gasteiger partial charge in [0.1, 0.15) is 22.8 Å². The largest absolute Gasteiger partial charge is 0.496 e. The van der Waals surface area contributed by atoms with Gasteiger partial charge >= 0.3 is 0 Å². The van der Waals surface area contributed by atoms with Gasteiger partial charge in [-0.25, -0.2) is 0 Å². The zero-order valence-corrected chi connectivity index (χ0v) is 14.3. The second kappa shape index (κ2) is 7.22. The van der Waals surface area contributed by atoms with Crippen molar-refractivity contribution < 1.29 is 23.9 Å². The molecule has 1 N–H and O–H groups in total. The SMILES string of the molecule is COc1cccc(OC)c1C(=O)NCCN1C(=O)c2cccnc2C1=O. The molecular formula is C18H17N3O5. The molecule has 0 saturated heterocycles. The van der Waals surface area contributed by atoms with Gasteiger partial charge in [-0.2, -0.15) is 0 Å². The molecule has 3 amide bonds. The molecule has 1 aromatic heterocycles. The number of pyridine rings is 1. The van der Waals surface area contributed by atoms with E-state index in [1.807, 2.05) is 0 Å². The van der Waals surface area contributed by atoms with Crippen molar-refractivity contribution in [1.82, 2.24) is 15.2 Å². The lowest BCUT2D eigenvalue weighted by molar-refractivity contribution is 0.0647. The molecule has 0 fully saturated rings. The third kappa shape index (κ3) is 2.97. The molecule has 1 aliphatic heterocycles. The number of carbonyl (C=O) groups is 3. The van der Waals surface area contributed by atoms with Crippen LogP contribution in [0.1, 0.15) is 31.2 Å². The third-order valence-electron chi connectivity index (χ3n) is 4.01. The highest BCUT2D eigenvalue weighted by molar-refractivity contribution is 6.20. The zero-order chi connectivity index (χ0) is 18.7. The van der Waals surface area contributed by atoms with Crippen LogP contribution in [0.25, 0.3) is 0 Å². The number of hydrogen-bond donors (Lipinski definition) is 1. The van der Waals surface area contributed by atoms with Gasteiger partial charge in [-0.05, 0) is 24.3 Å². The summed E-state index contributed by atoms with van der Waals surface area (Å²) >= 11 is 0. The Balaban J connectivity index is 1.67. The Morgan fingerprint density at radius 3 is 2.38 bits per heavy atom. The van der Waals surface area contributed by atoms with Crippen LogP contribution in [-0.4, -0.2) is 54.9 Å². The van der Waals surface area contributed by atoms with E-state index in [0.29, 0.717) is 11.5 Å². The standard InChI is InChI=1S/C18H17N3O5/c1-25-12-6-3-7-13(26-2)14(12)16(22)20-9-10-21-17(23)11-5-4-8-19-15(11)18(21)24/h3-8H,9-10H2,1-2H3,(H,20,22). The number of nitrogens with zero attached hydrogens (tertiary/aromatic N) is 2. The first-order valence-electron chi connectivity index (χ1n) is 7.89. The van der Waals surface area contributed by atoms with Crippen molar-refractivity contribution in [3.63, 3.8) is 0 Å². The molecule has 134 valence electrons. The average Bonchev–Trinajstić information content (AvgIpc) is 2.92. The summed E-state index contributed by atoms with van der Waals surface area (Å²) in [7, 11) is 2.91. The first-order chi connectivity index (χ1) is 12.6. The molecule has 8 heteroatoms. The minimum Gasteiger partial charge on any atom is -0.496 e. The lowest BCUT2D eigenvalue weighted by Gasteiger charge is -2.16. The van der Waals surface area contributed by atoms with Gasteiger partial charge in [0.15, 0.2) is 0 Å². The van der Waals surface area contributed by atoms with E-state index in [4.69, 9.17) is 9.47 Å². The van der Waals surface area contributed by atoms with Crippen molar-refractivity contribution in [2.75, 3.05) is 27.3 Å². The molecule has 0 aliphatic carbocycles. The normalized spacial score (nSPS) is 12.8. The van der Waals surface area contributed by atoms with E-state index in [1.165, 1.54) is 20.4 Å². The number of carbonyl (C=O) groups excluding carboxylic acids is 3. The van der Waals surface area contributed by atoms with E-state index in [0.717, 1.165) is 4.90 Å². The van der Waals surface area contributed by atoms with Crippen LogP contribution in [0.3, 0.4) is 0 Å². The van der Waals surface area contributed by atoms with Crippen molar-refractivity contribution in [3.05, 3.63) is 53.3 Å². The maximum absolute atomic E-state index is 12.5. The van der Waals surface area contributed by atoms with E-state index >= 15 is 0 Å². The number of methoxy groups -OCH3 is 2. The molecular weight excluding hydrogens is 338 g/mol. The van der Waals surface area contributed by atoms with Gasteiger partial charge in [0, 0.05) is 19.3 Å². The maximum Gasteiger partial charge on any atom is 0.280 e. The number of aromatic nitrogens is 1. The van der Waals surface area contributed by atoms with E-state index in [1.54, 1.807) is 30.3 Å². The van der Waals surface area contributed by atoms with Crippen LogP contribution in [0.15, 0.2) is 36.5 Å². The molecule has 1 aromatic carbocycles. The van der Waals surface area contributed by atoms with Crippen LogP contribution < -0.4 is 14.8 Å². The van der Waals surface area contributed by atoms with E-state index in [9.17, 15) is 14.4 Å². The summed E-state index contributed by atoms with van der Waals surface area (Å²) in [5, 5.41) is 2.68. The van der Waals surface area contributed by atoms with E-state index < -0.39 is 17.7 Å². The monoisotopic (exact) mass is 355 g/mol. The number of hydrogen-bond acceptors (Lipinski definition) is 6. The van der Waals surface area contributed by atoms with Crippen molar-refractivity contribution in [2.45, 2.75) is 0 Å². The molecule has 0 spiro atoms. The summed E-state index contributed by atoms with van der Waals surface area (Å²) < 4.78 is 10.4. The second-order valence-electron chi connectivity index (χ2n) is 5.45. The van der Waals surface area contributed by atoms with Gasteiger partial charge in [-0.15, -0.1) is 0 Å². The smallest absolute Gasteiger partial charge is 0.280 e. The number of fused-ring (bicyclic) bond motifs is 1. The van der Waals surface area contributed by atoms with Crippen molar-refractivity contribution in [1.29, 1.82) is 0 Å². The summed E-state index contributed by atoms with van der Waals surface area (Å²) in [5.74, 6) is -0.565. The Morgan fingerprint density at radius 1 is 1.08 bits per heavy atom. The van der Waals surface area contributed by atoms with Crippen LogP contribution >= 0.6 is 0 Å². The molecule has 0 bridgehead atoms. The molecule has 1 aliphatic rings. The number of nitrogens with one attached hydrogen (secondary N) is 1. The fraction of sp³-hybridized carbons (Fsp3) is 0.222. The highest BCUT2D eigenvalue weighted by Gasteiger charge is 2.36. The van der Waals surface area contributed by atoms with Crippen LogP contribution in [0.5, 0.6) is 11.5 Å². The maximum atomic E-state index is 12.5. The molecule has 0 saturated carbocycles. The van der Waals surface area contributed by atoms with Crippen LogP contribution in [0.2, 0.25) is 0 Å². The van der Waals surface area contributed by atoms with E-state index in [-0.39, 0.29) is 29.9 Å². The first-order valence-corrected chi connectivity index (χ1v) is 7.89. The van der Waals surface area contributed by atoms with Crippen LogP contribution in [-0.2, 0) is 0 Å². The Labute approximate surface area is 149 Å². The Hall–Kier alpha value is -3.42. The predicted octanol–water partition coefficient (Wildman–Crippen LogP) is 1.12. The molecule has 0 unspecified atom stereocenters. The van der Waals surface area contributed by atoms with Crippen LogP contribution in [0.4, 0.5) is 0 Å². The molecule has 3 rings (SSSR count). The topological polar surface area (TPSA) is 97.8 Å². The van der Waals surface area contributed by atoms with Gasteiger partial charge in [0.2, 0.25) is 0 Å². The highest BCUT2D eigenvalue weighted by Crippen LogP contribution is 2.28. The second-order valence-corrected chi connectivity index (χ2v) is 5.45. The molecule has 2 heterocycles. The molecule has 26 heavy (non-hydrogen) atoms. The first kappa shape index (κ1) is 17.4. The van der Waals surface area contributed by atoms with Crippen molar-refractivity contribution >= 4 is 17.7 Å². The summed E-state index contributed by atoms with van der Waals surface area (Å²) in [5.41, 5.74) is 0.659. The Bertz CT molecular complexity index is 824. The quantitative estimate of drug-likeness (QED) is 0.780. The van der Waals surface area contributed by atoms with Gasteiger partial charge in [0.05, 0.1) is 19.8 Å². The minimum atomic E-state index is -0.463. The lowest BCUT2D eigenvalue weighted by Crippen LogP contribution is -2.38. The molecule has 8 nitrogen and oxygen atoms in total. The Morgan fingerprint density at radius 2 is 1.77 bits per heavy atom. The number of amides is 3. The third-order valence-corrected chi connectivity index (χ3v) is 4.01. The van der Waals surface area contributed by atoms with Gasteiger partial charge in [-0.3, -0.25) is 24.3 Å². The van der Waals surface area contributed by atoms with Crippen LogP contribution in [0, 0.1) is 0 Å². The van der Waals surface area contributed by atoms with Crippen molar-refractivity contribution in [2.24, 2.45) is 0 Å². The number of imide groups is 1. The summed E-state index contributed by atoms with van der Waals surface area (Å²) in [4.78, 5) is 42.0. The minimum absolute atomic E-state index is 0.0389. The molecule has 0 atom stereocenters. The summed E-state index contributed by atoms with van der Waals surface area (Å²) in [6, 6.07) is 8.16. The molecule has 2 aromatic rings. The fourth-order valence-electron chi connectivity index (χ4n) is 2.76. The fourth-order valence-corrected chi connectivity index (χ4v) is 2.76.